The molecule has 3 aromatic heterocycles. The number of imidazole rings is 1. The van der Waals surface area contributed by atoms with Crippen molar-refractivity contribution in [1.82, 2.24) is 24.6 Å². The molecule has 0 spiro atoms. The molecule has 0 aromatic carbocycles. The van der Waals surface area contributed by atoms with Gasteiger partial charge in [-0.05, 0) is 32.9 Å². The van der Waals surface area contributed by atoms with Crippen LogP contribution in [0.2, 0.25) is 0 Å². The fourth-order valence-corrected chi connectivity index (χ4v) is 1.91. The van der Waals surface area contributed by atoms with Crippen molar-refractivity contribution in [3.05, 3.63) is 30.7 Å². The smallest absolute Gasteiger partial charge is 0.252 e. The SMILES string of the molecule is CC(C)(C)Nc1c(-c2ccccn2)nc2nc[nH]n12. The van der Waals surface area contributed by atoms with E-state index in [1.165, 1.54) is 0 Å². The highest BCUT2D eigenvalue weighted by Crippen LogP contribution is 2.28. The van der Waals surface area contributed by atoms with Crippen LogP contribution in [0.25, 0.3) is 17.2 Å². The molecule has 0 bridgehead atoms. The van der Waals surface area contributed by atoms with Crippen molar-refractivity contribution in [2.75, 3.05) is 5.32 Å². The van der Waals surface area contributed by atoms with Gasteiger partial charge in [-0.25, -0.2) is 14.5 Å². The summed E-state index contributed by atoms with van der Waals surface area (Å²) in [4.78, 5) is 13.1. The van der Waals surface area contributed by atoms with E-state index in [0.29, 0.717) is 5.78 Å². The molecule has 19 heavy (non-hydrogen) atoms. The molecule has 3 rings (SSSR count). The first-order valence-corrected chi connectivity index (χ1v) is 6.16. The molecule has 0 aliphatic heterocycles. The standard InChI is InChI=1S/C13H16N6/c1-13(2,3)18-11-10(9-6-4-5-7-14-9)17-12-15-8-16-19(11)12/h4-8,18H,1-3H3,(H,15,16,17). The highest BCUT2D eigenvalue weighted by molar-refractivity contribution is 5.73. The van der Waals surface area contributed by atoms with Gasteiger partial charge in [0.25, 0.3) is 5.78 Å². The minimum absolute atomic E-state index is 0.0788. The lowest BCUT2D eigenvalue weighted by atomic mass is 10.1. The van der Waals surface area contributed by atoms with E-state index < -0.39 is 0 Å². The highest BCUT2D eigenvalue weighted by Gasteiger charge is 2.20. The quantitative estimate of drug-likeness (QED) is 0.738. The number of hydrogen-bond acceptors (Lipinski definition) is 4. The third-order valence-electron chi connectivity index (χ3n) is 2.63. The van der Waals surface area contributed by atoms with E-state index >= 15 is 0 Å². The molecule has 0 radical (unpaired) electrons. The summed E-state index contributed by atoms with van der Waals surface area (Å²) in [6.45, 7) is 6.31. The number of nitrogens with one attached hydrogen (secondary N) is 2. The average molecular weight is 256 g/mol. The van der Waals surface area contributed by atoms with Gasteiger partial charge in [0.15, 0.2) is 5.82 Å². The molecular formula is C13H16N6. The fraction of sp³-hybridized carbons (Fsp3) is 0.308. The number of aromatic amines is 1. The molecule has 3 heterocycles. The van der Waals surface area contributed by atoms with E-state index in [1.54, 1.807) is 12.5 Å². The maximum atomic E-state index is 4.52. The van der Waals surface area contributed by atoms with E-state index in [-0.39, 0.29) is 5.54 Å². The van der Waals surface area contributed by atoms with Gasteiger partial charge < -0.3 is 5.32 Å². The molecule has 98 valence electrons. The van der Waals surface area contributed by atoms with E-state index in [4.69, 9.17) is 0 Å². The Hall–Kier alpha value is -2.37. The summed E-state index contributed by atoms with van der Waals surface area (Å²) in [5.41, 5.74) is 1.55. The molecule has 0 atom stereocenters. The lowest BCUT2D eigenvalue weighted by Crippen LogP contribution is -2.27. The van der Waals surface area contributed by atoms with Crippen LogP contribution in [0.3, 0.4) is 0 Å². The number of fused-ring (bicyclic) bond motifs is 1. The number of nitrogens with zero attached hydrogens (tertiary/aromatic N) is 4. The number of rotatable bonds is 2. The van der Waals surface area contributed by atoms with Gasteiger partial charge in [0.05, 0.1) is 5.69 Å². The summed E-state index contributed by atoms with van der Waals surface area (Å²) in [7, 11) is 0. The number of hydrogen-bond donors (Lipinski definition) is 2. The van der Waals surface area contributed by atoms with Crippen LogP contribution in [-0.2, 0) is 0 Å². The highest BCUT2D eigenvalue weighted by atomic mass is 15.4. The summed E-state index contributed by atoms with van der Waals surface area (Å²) >= 11 is 0. The third-order valence-corrected chi connectivity index (χ3v) is 2.63. The molecule has 0 saturated carbocycles. The monoisotopic (exact) mass is 256 g/mol. The van der Waals surface area contributed by atoms with Gasteiger partial charge in [0, 0.05) is 11.7 Å². The zero-order valence-electron chi connectivity index (χ0n) is 11.2. The first kappa shape index (κ1) is 11.7. The maximum absolute atomic E-state index is 4.52. The topological polar surface area (TPSA) is 70.9 Å². The summed E-state index contributed by atoms with van der Waals surface area (Å²) in [5, 5.41) is 6.50. The zero-order chi connectivity index (χ0) is 13.5. The minimum Gasteiger partial charge on any atom is -0.364 e. The molecule has 0 saturated heterocycles. The molecule has 0 aliphatic carbocycles. The summed E-state index contributed by atoms with van der Waals surface area (Å²) in [6, 6.07) is 5.78. The van der Waals surface area contributed by atoms with E-state index in [9.17, 15) is 0 Å². The lowest BCUT2D eigenvalue weighted by molar-refractivity contribution is 0.627. The van der Waals surface area contributed by atoms with Crippen molar-refractivity contribution >= 4 is 11.6 Å². The Morgan fingerprint density at radius 1 is 1.21 bits per heavy atom. The summed E-state index contributed by atoms with van der Waals surface area (Å²) in [5.74, 6) is 1.51. The van der Waals surface area contributed by atoms with Crippen LogP contribution in [0.4, 0.5) is 5.82 Å². The average Bonchev–Trinajstić information content (AvgIpc) is 2.92. The Labute approximate surface area is 110 Å². The van der Waals surface area contributed by atoms with Crippen molar-refractivity contribution in [2.45, 2.75) is 26.3 Å². The molecule has 0 fully saturated rings. The Kier molecular flexibility index (Phi) is 2.51. The molecular weight excluding hydrogens is 240 g/mol. The van der Waals surface area contributed by atoms with Crippen LogP contribution in [0, 0.1) is 0 Å². The zero-order valence-corrected chi connectivity index (χ0v) is 11.2. The second kappa shape index (κ2) is 4.08. The van der Waals surface area contributed by atoms with Crippen LogP contribution in [0.15, 0.2) is 30.7 Å². The predicted molar refractivity (Wildman–Crippen MR) is 73.9 cm³/mol. The van der Waals surface area contributed by atoms with Crippen LogP contribution in [-0.4, -0.2) is 30.1 Å². The van der Waals surface area contributed by atoms with Gasteiger partial charge in [-0.15, -0.1) is 0 Å². The second-order valence-electron chi connectivity index (χ2n) is 5.42. The minimum atomic E-state index is -0.0788. The van der Waals surface area contributed by atoms with E-state index in [1.807, 2.05) is 22.7 Å². The summed E-state index contributed by atoms with van der Waals surface area (Å²) < 4.78 is 1.83. The van der Waals surface area contributed by atoms with Crippen LogP contribution in [0.1, 0.15) is 20.8 Å². The molecule has 6 nitrogen and oxygen atoms in total. The van der Waals surface area contributed by atoms with Crippen LogP contribution < -0.4 is 5.32 Å². The van der Waals surface area contributed by atoms with Crippen LogP contribution >= 0.6 is 0 Å². The van der Waals surface area contributed by atoms with Crippen LogP contribution in [0.5, 0.6) is 0 Å². The Morgan fingerprint density at radius 2 is 2.05 bits per heavy atom. The van der Waals surface area contributed by atoms with Gasteiger partial charge in [-0.1, -0.05) is 6.07 Å². The second-order valence-corrected chi connectivity index (χ2v) is 5.42. The number of aromatic nitrogens is 5. The number of pyridine rings is 1. The molecule has 0 aliphatic rings. The molecule has 2 N–H and O–H groups in total. The maximum Gasteiger partial charge on any atom is 0.252 e. The van der Waals surface area contributed by atoms with Crippen molar-refractivity contribution in [3.63, 3.8) is 0 Å². The van der Waals surface area contributed by atoms with Gasteiger partial charge in [-0.2, -0.15) is 0 Å². The number of anilines is 1. The van der Waals surface area contributed by atoms with Gasteiger partial charge in [0.1, 0.15) is 12.0 Å². The Bertz CT molecular complexity index is 689. The Balaban J connectivity index is 2.18. The molecule has 6 heteroatoms. The van der Waals surface area contributed by atoms with Gasteiger partial charge >= 0.3 is 0 Å². The number of H-pyrrole nitrogens is 1. The lowest BCUT2D eigenvalue weighted by Gasteiger charge is -2.21. The molecule has 0 unspecified atom stereocenters. The molecule has 3 aromatic rings. The van der Waals surface area contributed by atoms with Crippen molar-refractivity contribution in [1.29, 1.82) is 0 Å². The molecule has 0 amide bonds. The first-order valence-electron chi connectivity index (χ1n) is 6.16. The normalized spacial score (nSPS) is 11.9. The van der Waals surface area contributed by atoms with E-state index in [0.717, 1.165) is 17.2 Å². The van der Waals surface area contributed by atoms with Gasteiger partial charge in [0.2, 0.25) is 0 Å². The largest absolute Gasteiger partial charge is 0.364 e. The van der Waals surface area contributed by atoms with Crippen molar-refractivity contribution in [3.8, 4) is 11.4 Å². The van der Waals surface area contributed by atoms with Crippen molar-refractivity contribution < 1.29 is 0 Å². The first-order chi connectivity index (χ1) is 9.04. The Morgan fingerprint density at radius 3 is 2.74 bits per heavy atom. The predicted octanol–water partition coefficient (Wildman–Crippen LogP) is 2.33. The third kappa shape index (κ3) is 2.16. The van der Waals surface area contributed by atoms with Crippen molar-refractivity contribution in [2.24, 2.45) is 0 Å². The van der Waals surface area contributed by atoms with Gasteiger partial charge in [-0.3, -0.25) is 10.1 Å². The van der Waals surface area contributed by atoms with E-state index in [2.05, 4.69) is 46.1 Å². The summed E-state index contributed by atoms with van der Waals surface area (Å²) in [6.07, 6.45) is 3.38. The fourth-order valence-electron chi connectivity index (χ4n) is 1.91.